The van der Waals surface area contributed by atoms with Gasteiger partial charge in [0.15, 0.2) is 0 Å². The maximum absolute atomic E-state index is 12.1. The minimum Gasteiger partial charge on any atom is -0.378 e. The largest absolute Gasteiger partial charge is 0.378 e. The predicted molar refractivity (Wildman–Crippen MR) is 95.7 cm³/mol. The Labute approximate surface area is 146 Å². The summed E-state index contributed by atoms with van der Waals surface area (Å²) < 4.78 is 5.33. The van der Waals surface area contributed by atoms with Gasteiger partial charge in [0, 0.05) is 24.5 Å². The van der Waals surface area contributed by atoms with Crippen LogP contribution in [0.15, 0.2) is 42.6 Å². The number of carbonyl (C=O) groups is 1. The van der Waals surface area contributed by atoms with Crippen molar-refractivity contribution in [3.8, 4) is 0 Å². The molecule has 5 nitrogen and oxygen atoms in total. The van der Waals surface area contributed by atoms with Crippen molar-refractivity contribution in [2.75, 3.05) is 36.5 Å². The lowest BCUT2D eigenvalue weighted by molar-refractivity contribution is -0.116. The monoisotopic (exact) mass is 345 g/mol. The van der Waals surface area contributed by atoms with E-state index in [1.807, 2.05) is 36.4 Å². The van der Waals surface area contributed by atoms with Gasteiger partial charge in [-0.25, -0.2) is 4.98 Å². The minimum atomic E-state index is -0.0455. The van der Waals surface area contributed by atoms with E-state index in [2.05, 4.69) is 15.2 Å². The van der Waals surface area contributed by atoms with Crippen LogP contribution in [-0.4, -0.2) is 37.2 Å². The van der Waals surface area contributed by atoms with Crippen molar-refractivity contribution in [1.82, 2.24) is 4.98 Å². The summed E-state index contributed by atoms with van der Waals surface area (Å²) in [7, 11) is 0. The molecule has 2 aromatic rings. The molecular formula is C18H20ClN3O2. The number of pyridine rings is 1. The topological polar surface area (TPSA) is 54.5 Å². The molecule has 1 amide bonds. The van der Waals surface area contributed by atoms with Crippen LogP contribution in [0.2, 0.25) is 5.02 Å². The second-order valence-electron chi connectivity index (χ2n) is 5.64. The van der Waals surface area contributed by atoms with Gasteiger partial charge in [-0.05, 0) is 30.2 Å². The van der Waals surface area contributed by atoms with Crippen molar-refractivity contribution in [3.05, 3.63) is 53.2 Å². The van der Waals surface area contributed by atoms with Crippen LogP contribution >= 0.6 is 11.6 Å². The summed E-state index contributed by atoms with van der Waals surface area (Å²) >= 11 is 6.10. The molecule has 0 unspecified atom stereocenters. The van der Waals surface area contributed by atoms with Gasteiger partial charge in [-0.3, -0.25) is 4.79 Å². The van der Waals surface area contributed by atoms with E-state index < -0.39 is 0 Å². The highest BCUT2D eigenvalue weighted by atomic mass is 35.5. The predicted octanol–water partition coefficient (Wildman–Crippen LogP) is 3.14. The fourth-order valence-corrected chi connectivity index (χ4v) is 2.84. The molecule has 2 heterocycles. The molecule has 1 fully saturated rings. The van der Waals surface area contributed by atoms with E-state index in [1.165, 1.54) is 0 Å². The second kappa shape index (κ2) is 8.13. The molecule has 3 rings (SSSR count). The summed E-state index contributed by atoms with van der Waals surface area (Å²) in [5, 5.41) is 3.57. The molecule has 0 aliphatic carbocycles. The van der Waals surface area contributed by atoms with Gasteiger partial charge in [0.1, 0.15) is 5.82 Å². The van der Waals surface area contributed by atoms with Crippen LogP contribution in [0.3, 0.4) is 0 Å². The van der Waals surface area contributed by atoms with Crippen LogP contribution in [0, 0.1) is 0 Å². The van der Waals surface area contributed by atoms with E-state index in [9.17, 15) is 4.79 Å². The number of aromatic nitrogens is 1. The zero-order chi connectivity index (χ0) is 16.8. The summed E-state index contributed by atoms with van der Waals surface area (Å²) in [6, 6.07) is 11.4. The highest BCUT2D eigenvalue weighted by Crippen LogP contribution is 2.18. The van der Waals surface area contributed by atoms with E-state index in [-0.39, 0.29) is 5.91 Å². The molecule has 1 aromatic heterocycles. The van der Waals surface area contributed by atoms with Gasteiger partial charge in [0.25, 0.3) is 0 Å². The van der Waals surface area contributed by atoms with Crippen LogP contribution < -0.4 is 10.2 Å². The molecule has 0 saturated carbocycles. The fraction of sp³-hybridized carbons (Fsp3) is 0.333. The molecule has 24 heavy (non-hydrogen) atoms. The van der Waals surface area contributed by atoms with Crippen molar-refractivity contribution < 1.29 is 9.53 Å². The third-order valence-corrected chi connectivity index (χ3v) is 4.31. The number of hydrogen-bond donors (Lipinski definition) is 1. The number of nitrogens with one attached hydrogen (secondary N) is 1. The molecule has 1 N–H and O–H groups in total. The quantitative estimate of drug-likeness (QED) is 0.904. The molecule has 0 atom stereocenters. The highest BCUT2D eigenvalue weighted by molar-refractivity contribution is 6.31. The number of amides is 1. The number of morpholine rings is 1. The van der Waals surface area contributed by atoms with Gasteiger partial charge in [0.05, 0.1) is 25.1 Å². The minimum absolute atomic E-state index is 0.0455. The van der Waals surface area contributed by atoms with Crippen molar-refractivity contribution >= 4 is 29.0 Å². The first kappa shape index (κ1) is 16.7. The lowest BCUT2D eigenvalue weighted by atomic mass is 10.1. The number of hydrogen-bond acceptors (Lipinski definition) is 4. The smallest absolute Gasteiger partial charge is 0.224 e. The third kappa shape index (κ3) is 4.46. The Hall–Kier alpha value is -2.11. The van der Waals surface area contributed by atoms with Gasteiger partial charge in [0.2, 0.25) is 5.91 Å². The molecule has 1 aromatic carbocycles. The SMILES string of the molecule is O=C(CCc1ccccc1Cl)Nc1ccc(N2CCOCC2)nc1. The van der Waals surface area contributed by atoms with E-state index >= 15 is 0 Å². The number of benzene rings is 1. The number of aryl methyl sites for hydroxylation is 1. The Kier molecular flexibility index (Phi) is 5.67. The van der Waals surface area contributed by atoms with Crippen LogP contribution in [0.1, 0.15) is 12.0 Å². The number of carbonyl (C=O) groups excluding carboxylic acids is 1. The Morgan fingerprint density at radius 3 is 2.71 bits per heavy atom. The van der Waals surface area contributed by atoms with Crippen LogP contribution in [0.4, 0.5) is 11.5 Å². The van der Waals surface area contributed by atoms with Crippen molar-refractivity contribution in [1.29, 1.82) is 0 Å². The summed E-state index contributed by atoms with van der Waals surface area (Å²) in [4.78, 5) is 18.7. The molecule has 126 valence electrons. The van der Waals surface area contributed by atoms with Gasteiger partial charge in [-0.1, -0.05) is 29.8 Å². The third-order valence-electron chi connectivity index (χ3n) is 3.95. The fourth-order valence-electron chi connectivity index (χ4n) is 2.61. The lowest BCUT2D eigenvalue weighted by Gasteiger charge is -2.27. The van der Waals surface area contributed by atoms with E-state index in [1.54, 1.807) is 6.20 Å². The number of halogens is 1. The summed E-state index contributed by atoms with van der Waals surface area (Å²) in [6.07, 6.45) is 2.69. The zero-order valence-corrected chi connectivity index (χ0v) is 14.1. The lowest BCUT2D eigenvalue weighted by Crippen LogP contribution is -2.36. The standard InChI is InChI=1S/C18H20ClN3O2/c19-16-4-2-1-3-14(16)5-8-18(23)21-15-6-7-17(20-13-15)22-9-11-24-12-10-22/h1-4,6-7,13H,5,8-12H2,(H,21,23). The molecule has 0 spiro atoms. The molecular weight excluding hydrogens is 326 g/mol. The van der Waals surface area contributed by atoms with E-state index in [4.69, 9.17) is 16.3 Å². The highest BCUT2D eigenvalue weighted by Gasteiger charge is 2.12. The zero-order valence-electron chi connectivity index (χ0n) is 13.4. The summed E-state index contributed by atoms with van der Waals surface area (Å²) in [6.45, 7) is 3.14. The van der Waals surface area contributed by atoms with Gasteiger partial charge >= 0.3 is 0 Å². The average molecular weight is 346 g/mol. The van der Waals surface area contributed by atoms with E-state index in [0.29, 0.717) is 23.6 Å². The van der Waals surface area contributed by atoms with Gasteiger partial charge < -0.3 is 15.0 Å². The van der Waals surface area contributed by atoms with Crippen molar-refractivity contribution in [2.45, 2.75) is 12.8 Å². The Morgan fingerprint density at radius 1 is 1.21 bits per heavy atom. The van der Waals surface area contributed by atoms with Crippen molar-refractivity contribution in [2.24, 2.45) is 0 Å². The second-order valence-corrected chi connectivity index (χ2v) is 6.05. The Balaban J connectivity index is 1.52. The Bertz CT molecular complexity index is 685. The normalized spacial score (nSPS) is 14.5. The molecule has 1 saturated heterocycles. The first-order chi connectivity index (χ1) is 11.7. The van der Waals surface area contributed by atoms with Crippen LogP contribution in [-0.2, 0) is 16.0 Å². The Morgan fingerprint density at radius 2 is 2.00 bits per heavy atom. The number of nitrogens with zero attached hydrogens (tertiary/aromatic N) is 2. The number of anilines is 2. The van der Waals surface area contributed by atoms with Gasteiger partial charge in [-0.2, -0.15) is 0 Å². The van der Waals surface area contributed by atoms with E-state index in [0.717, 1.165) is 37.7 Å². The summed E-state index contributed by atoms with van der Waals surface area (Å²) in [5.41, 5.74) is 1.69. The maximum Gasteiger partial charge on any atom is 0.224 e. The van der Waals surface area contributed by atoms with Crippen LogP contribution in [0.5, 0.6) is 0 Å². The van der Waals surface area contributed by atoms with Crippen LogP contribution in [0.25, 0.3) is 0 Å². The average Bonchev–Trinajstić information content (AvgIpc) is 2.62. The number of rotatable bonds is 5. The molecule has 1 aliphatic heterocycles. The first-order valence-electron chi connectivity index (χ1n) is 8.04. The van der Waals surface area contributed by atoms with Gasteiger partial charge in [-0.15, -0.1) is 0 Å². The maximum atomic E-state index is 12.1. The first-order valence-corrected chi connectivity index (χ1v) is 8.42. The van der Waals surface area contributed by atoms with Crippen molar-refractivity contribution in [3.63, 3.8) is 0 Å². The molecule has 0 radical (unpaired) electrons. The summed E-state index contributed by atoms with van der Waals surface area (Å²) in [5.74, 6) is 0.864. The number of ether oxygens (including phenoxy) is 1. The molecule has 1 aliphatic rings. The molecule has 0 bridgehead atoms. The molecule has 6 heteroatoms.